The van der Waals surface area contributed by atoms with Crippen molar-refractivity contribution in [3.8, 4) is 0 Å². The molecule has 0 aromatic heterocycles. The topological polar surface area (TPSA) is 52.7 Å². The number of piperazine rings is 1. The number of hydrogen-bond acceptors (Lipinski definition) is 3. The van der Waals surface area contributed by atoms with Crippen LogP contribution < -0.4 is 5.32 Å². The highest BCUT2D eigenvalue weighted by Crippen LogP contribution is 2.24. The number of carbonyl (C=O) groups excluding carboxylic acids is 2. The fraction of sp³-hybridized carbons (Fsp3) is 0.619. The van der Waals surface area contributed by atoms with Crippen molar-refractivity contribution in [2.45, 2.75) is 51.0 Å². The zero-order valence-electron chi connectivity index (χ0n) is 16.0. The molecule has 2 amide bonds. The van der Waals surface area contributed by atoms with E-state index in [1.807, 2.05) is 34.1 Å². The van der Waals surface area contributed by atoms with E-state index >= 15 is 0 Å². The smallest absolute Gasteiger partial charge is 0.254 e. The summed E-state index contributed by atoms with van der Waals surface area (Å²) >= 11 is 3.46. The second-order valence-corrected chi connectivity index (χ2v) is 8.45. The molecule has 6 heteroatoms. The van der Waals surface area contributed by atoms with Crippen molar-refractivity contribution in [2.75, 3.05) is 32.7 Å². The Bertz CT molecular complexity index is 638. The van der Waals surface area contributed by atoms with E-state index in [9.17, 15) is 9.59 Å². The molecule has 1 aromatic carbocycles. The highest BCUT2D eigenvalue weighted by atomic mass is 79.9. The van der Waals surface area contributed by atoms with Crippen molar-refractivity contribution in [3.05, 3.63) is 34.3 Å². The second-order valence-electron chi connectivity index (χ2n) is 7.54. The SMILES string of the molecule is O=C(CCN(C(=O)c1cccc(Br)c1)C1CCCCCC1)N1CCNCC1. The normalized spacial score (nSPS) is 18.8. The Morgan fingerprint density at radius 1 is 1.11 bits per heavy atom. The number of nitrogens with zero attached hydrogens (tertiary/aromatic N) is 2. The number of halogens is 1. The number of rotatable bonds is 5. The molecule has 1 aliphatic carbocycles. The van der Waals surface area contributed by atoms with Gasteiger partial charge in [0.2, 0.25) is 5.91 Å². The fourth-order valence-corrected chi connectivity index (χ4v) is 4.49. The minimum atomic E-state index is 0.0521. The van der Waals surface area contributed by atoms with E-state index in [-0.39, 0.29) is 17.9 Å². The Morgan fingerprint density at radius 3 is 2.48 bits per heavy atom. The van der Waals surface area contributed by atoms with Crippen molar-refractivity contribution < 1.29 is 9.59 Å². The first-order chi connectivity index (χ1) is 13.1. The number of amides is 2. The van der Waals surface area contributed by atoms with Gasteiger partial charge in [-0.3, -0.25) is 9.59 Å². The summed E-state index contributed by atoms with van der Waals surface area (Å²) in [6.45, 7) is 3.76. The molecule has 27 heavy (non-hydrogen) atoms. The zero-order valence-corrected chi connectivity index (χ0v) is 17.5. The maximum absolute atomic E-state index is 13.3. The van der Waals surface area contributed by atoms with Gasteiger partial charge in [-0.15, -0.1) is 0 Å². The predicted molar refractivity (Wildman–Crippen MR) is 111 cm³/mol. The number of benzene rings is 1. The van der Waals surface area contributed by atoms with Crippen LogP contribution in [0.2, 0.25) is 0 Å². The standard InChI is InChI=1S/C21H30BrN3O2/c22-18-7-5-6-17(16-18)21(27)25(19-8-3-1-2-4-9-19)13-10-20(26)24-14-11-23-12-15-24/h5-7,16,19,23H,1-4,8-15H2. The molecule has 1 aliphatic heterocycles. The summed E-state index contributed by atoms with van der Waals surface area (Å²) in [5.41, 5.74) is 0.697. The lowest BCUT2D eigenvalue weighted by Gasteiger charge is -2.33. The van der Waals surface area contributed by atoms with Gasteiger partial charge >= 0.3 is 0 Å². The minimum Gasteiger partial charge on any atom is -0.340 e. The third-order valence-corrected chi connectivity index (χ3v) is 6.13. The highest BCUT2D eigenvalue weighted by molar-refractivity contribution is 9.10. The average Bonchev–Trinajstić information content (AvgIpc) is 2.98. The summed E-state index contributed by atoms with van der Waals surface area (Å²) in [6, 6.07) is 7.82. The Labute approximate surface area is 170 Å². The van der Waals surface area contributed by atoms with Crippen molar-refractivity contribution in [3.63, 3.8) is 0 Å². The molecule has 0 unspecified atom stereocenters. The molecule has 148 valence electrons. The summed E-state index contributed by atoms with van der Waals surface area (Å²) in [5.74, 6) is 0.216. The minimum absolute atomic E-state index is 0.0521. The Kier molecular flexibility index (Phi) is 7.70. The van der Waals surface area contributed by atoms with Crippen LogP contribution in [0.3, 0.4) is 0 Å². The number of hydrogen-bond donors (Lipinski definition) is 1. The van der Waals surface area contributed by atoms with Crippen LogP contribution in [0.15, 0.2) is 28.7 Å². The van der Waals surface area contributed by atoms with Gasteiger partial charge < -0.3 is 15.1 Å². The summed E-state index contributed by atoms with van der Waals surface area (Å²) < 4.78 is 0.908. The van der Waals surface area contributed by atoms with Gasteiger partial charge in [-0.05, 0) is 31.0 Å². The average molecular weight is 436 g/mol. The largest absolute Gasteiger partial charge is 0.340 e. The molecule has 0 atom stereocenters. The summed E-state index contributed by atoms with van der Waals surface area (Å²) in [7, 11) is 0. The lowest BCUT2D eigenvalue weighted by atomic mass is 10.0. The van der Waals surface area contributed by atoms with Crippen LogP contribution in [0.4, 0.5) is 0 Å². The molecule has 1 aromatic rings. The molecule has 1 N–H and O–H groups in total. The molecule has 5 nitrogen and oxygen atoms in total. The highest BCUT2D eigenvalue weighted by Gasteiger charge is 2.27. The van der Waals surface area contributed by atoms with Gasteiger partial charge in [0.1, 0.15) is 0 Å². The van der Waals surface area contributed by atoms with Crippen LogP contribution in [0.25, 0.3) is 0 Å². The molecule has 0 radical (unpaired) electrons. The molecule has 0 bridgehead atoms. The lowest BCUT2D eigenvalue weighted by molar-refractivity contribution is -0.132. The monoisotopic (exact) mass is 435 g/mol. The molecule has 2 fully saturated rings. The van der Waals surface area contributed by atoms with Crippen molar-refractivity contribution >= 4 is 27.7 Å². The fourth-order valence-electron chi connectivity index (χ4n) is 4.10. The Hall–Kier alpha value is -1.40. The van der Waals surface area contributed by atoms with Gasteiger partial charge in [0.05, 0.1) is 0 Å². The molecular formula is C21H30BrN3O2. The summed E-state index contributed by atoms with van der Waals surface area (Å²) in [6.07, 6.45) is 7.32. The van der Waals surface area contributed by atoms with Crippen LogP contribution in [0.1, 0.15) is 55.3 Å². The van der Waals surface area contributed by atoms with E-state index in [0.29, 0.717) is 18.5 Å². The van der Waals surface area contributed by atoms with E-state index in [0.717, 1.165) is 43.5 Å². The number of nitrogens with one attached hydrogen (secondary N) is 1. The van der Waals surface area contributed by atoms with Crippen molar-refractivity contribution in [2.24, 2.45) is 0 Å². The maximum Gasteiger partial charge on any atom is 0.254 e. The Balaban J connectivity index is 1.70. The van der Waals surface area contributed by atoms with Gasteiger partial charge in [0.15, 0.2) is 0 Å². The van der Waals surface area contributed by atoms with Crippen LogP contribution in [-0.2, 0) is 4.79 Å². The Morgan fingerprint density at radius 2 is 1.81 bits per heavy atom. The summed E-state index contributed by atoms with van der Waals surface area (Å²) in [5, 5.41) is 3.28. The van der Waals surface area contributed by atoms with Gasteiger partial charge in [-0.1, -0.05) is 47.7 Å². The van der Waals surface area contributed by atoms with E-state index in [4.69, 9.17) is 0 Å². The van der Waals surface area contributed by atoms with Gasteiger partial charge in [0.25, 0.3) is 5.91 Å². The van der Waals surface area contributed by atoms with Crippen LogP contribution in [-0.4, -0.2) is 60.4 Å². The van der Waals surface area contributed by atoms with Crippen molar-refractivity contribution in [1.82, 2.24) is 15.1 Å². The second kappa shape index (κ2) is 10.2. The maximum atomic E-state index is 13.3. The molecule has 0 spiro atoms. The van der Waals surface area contributed by atoms with Gasteiger partial charge in [0, 0.05) is 55.2 Å². The lowest BCUT2D eigenvalue weighted by Crippen LogP contribution is -2.48. The molecule has 3 rings (SSSR count). The van der Waals surface area contributed by atoms with Gasteiger partial charge in [-0.25, -0.2) is 0 Å². The molecule has 1 saturated heterocycles. The molecule has 2 aliphatic rings. The first-order valence-electron chi connectivity index (χ1n) is 10.2. The summed E-state index contributed by atoms with van der Waals surface area (Å²) in [4.78, 5) is 29.8. The first-order valence-corrected chi connectivity index (χ1v) is 11.0. The zero-order chi connectivity index (χ0) is 19.1. The van der Waals surface area contributed by atoms with Crippen LogP contribution in [0, 0.1) is 0 Å². The number of carbonyl (C=O) groups is 2. The first kappa shape index (κ1) is 20.3. The molecule has 1 saturated carbocycles. The van der Waals surface area contributed by atoms with Crippen molar-refractivity contribution in [1.29, 1.82) is 0 Å². The van der Waals surface area contributed by atoms with Gasteiger partial charge in [-0.2, -0.15) is 0 Å². The predicted octanol–water partition coefficient (Wildman–Crippen LogP) is 3.44. The van der Waals surface area contributed by atoms with E-state index < -0.39 is 0 Å². The van der Waals surface area contributed by atoms with E-state index in [2.05, 4.69) is 21.2 Å². The van der Waals surface area contributed by atoms with Crippen LogP contribution in [0.5, 0.6) is 0 Å². The third-order valence-electron chi connectivity index (χ3n) is 5.63. The van der Waals surface area contributed by atoms with Crippen LogP contribution >= 0.6 is 15.9 Å². The quantitative estimate of drug-likeness (QED) is 0.720. The molecule has 1 heterocycles. The third kappa shape index (κ3) is 5.79. The molecular weight excluding hydrogens is 406 g/mol. The van der Waals surface area contributed by atoms with E-state index in [1.165, 1.54) is 25.7 Å². The van der Waals surface area contributed by atoms with E-state index in [1.54, 1.807) is 0 Å².